The first-order valence-corrected chi connectivity index (χ1v) is 22.6. The van der Waals surface area contributed by atoms with Crippen molar-refractivity contribution < 1.29 is 9.53 Å². The topological polar surface area (TPSA) is 26.3 Å². The molecule has 0 aromatic heterocycles. The lowest BCUT2D eigenvalue weighted by Crippen LogP contribution is -2.05. The summed E-state index contributed by atoms with van der Waals surface area (Å²) in [4.78, 5) is 12.0. The molecule has 0 aliphatic rings. The third-order valence-corrected chi connectivity index (χ3v) is 10.4. The fraction of sp³-hybridized carbons (Fsp3) is 0.935. The van der Waals surface area contributed by atoms with Crippen LogP contribution in [0.15, 0.2) is 12.2 Å². The summed E-state index contributed by atoms with van der Waals surface area (Å²) in [5.74, 6) is 0.0288. The van der Waals surface area contributed by atoms with Gasteiger partial charge in [-0.05, 0) is 38.5 Å². The van der Waals surface area contributed by atoms with Crippen LogP contribution in [-0.4, -0.2) is 12.6 Å². The monoisotopic (exact) mass is 675 g/mol. The lowest BCUT2D eigenvalue weighted by atomic mass is 10.0. The molecule has 0 radical (unpaired) electrons. The highest BCUT2D eigenvalue weighted by atomic mass is 16.5. The first kappa shape index (κ1) is 47.2. The van der Waals surface area contributed by atoms with Crippen LogP contribution in [0.2, 0.25) is 0 Å². The van der Waals surface area contributed by atoms with Crippen LogP contribution in [-0.2, 0) is 9.53 Å². The fourth-order valence-corrected chi connectivity index (χ4v) is 7.02. The second-order valence-electron chi connectivity index (χ2n) is 15.4. The maximum atomic E-state index is 12.0. The Bertz CT molecular complexity index is 611. The summed E-state index contributed by atoms with van der Waals surface area (Å²) in [6.45, 7) is 5.22. The Balaban J connectivity index is 3.17. The Kier molecular flexibility index (Phi) is 43.5. The molecule has 0 bridgehead atoms. The van der Waals surface area contributed by atoms with Gasteiger partial charge >= 0.3 is 5.97 Å². The minimum absolute atomic E-state index is 0.0288. The second-order valence-corrected chi connectivity index (χ2v) is 15.4. The van der Waals surface area contributed by atoms with E-state index < -0.39 is 0 Å². The lowest BCUT2D eigenvalue weighted by Gasteiger charge is -2.06. The van der Waals surface area contributed by atoms with E-state index >= 15 is 0 Å². The molecule has 0 aliphatic carbocycles. The van der Waals surface area contributed by atoms with E-state index in [-0.39, 0.29) is 5.97 Å². The molecular weight excluding hydrogens is 585 g/mol. The number of unbranched alkanes of at least 4 members (excludes halogenated alkanes) is 36. The Morgan fingerprint density at radius 2 is 0.583 bits per heavy atom. The zero-order valence-corrected chi connectivity index (χ0v) is 33.5. The molecule has 0 aromatic carbocycles. The Hall–Kier alpha value is -0.790. The van der Waals surface area contributed by atoms with Crippen molar-refractivity contribution >= 4 is 5.97 Å². The van der Waals surface area contributed by atoms with Crippen molar-refractivity contribution in [2.24, 2.45) is 0 Å². The van der Waals surface area contributed by atoms with Crippen molar-refractivity contribution in [2.75, 3.05) is 6.61 Å². The van der Waals surface area contributed by atoms with Gasteiger partial charge in [-0.1, -0.05) is 238 Å². The van der Waals surface area contributed by atoms with Crippen LogP contribution in [0.25, 0.3) is 0 Å². The van der Waals surface area contributed by atoms with Gasteiger partial charge in [-0.2, -0.15) is 0 Å². The molecule has 0 rings (SSSR count). The zero-order chi connectivity index (χ0) is 34.7. The Morgan fingerprint density at radius 1 is 0.333 bits per heavy atom. The molecule has 48 heavy (non-hydrogen) atoms. The van der Waals surface area contributed by atoms with Crippen molar-refractivity contribution in [3.05, 3.63) is 12.2 Å². The number of hydrogen-bond acceptors (Lipinski definition) is 2. The molecule has 286 valence electrons. The van der Waals surface area contributed by atoms with Crippen LogP contribution in [0.1, 0.15) is 271 Å². The number of carbonyl (C=O) groups excluding carboxylic acids is 1. The van der Waals surface area contributed by atoms with Gasteiger partial charge in [-0.15, -0.1) is 0 Å². The SMILES string of the molecule is CCCCCCCCC=CCCCCCCCCCCCCCC(=O)OCCCCCCCCCCCCCCCCCCCCCC. The van der Waals surface area contributed by atoms with E-state index in [9.17, 15) is 4.79 Å². The summed E-state index contributed by atoms with van der Waals surface area (Å²) >= 11 is 0. The predicted molar refractivity (Wildman–Crippen MR) is 216 cm³/mol. The Labute approximate surface area is 304 Å². The van der Waals surface area contributed by atoms with E-state index in [0.717, 1.165) is 12.8 Å². The zero-order valence-electron chi connectivity index (χ0n) is 33.5. The van der Waals surface area contributed by atoms with Crippen LogP contribution in [0.4, 0.5) is 0 Å². The van der Waals surface area contributed by atoms with Crippen molar-refractivity contribution in [1.82, 2.24) is 0 Å². The van der Waals surface area contributed by atoms with Crippen LogP contribution < -0.4 is 0 Å². The summed E-state index contributed by atoms with van der Waals surface area (Å²) < 4.78 is 5.48. The summed E-state index contributed by atoms with van der Waals surface area (Å²) in [7, 11) is 0. The molecule has 0 N–H and O–H groups in total. The van der Waals surface area contributed by atoms with E-state index in [0.29, 0.717) is 13.0 Å². The minimum Gasteiger partial charge on any atom is -0.466 e. The summed E-state index contributed by atoms with van der Waals surface area (Å²) in [6, 6.07) is 0. The molecule has 0 unspecified atom stereocenters. The van der Waals surface area contributed by atoms with Crippen molar-refractivity contribution in [1.29, 1.82) is 0 Å². The lowest BCUT2D eigenvalue weighted by molar-refractivity contribution is -0.143. The van der Waals surface area contributed by atoms with Crippen LogP contribution >= 0.6 is 0 Å². The third kappa shape index (κ3) is 43.2. The molecule has 0 aromatic rings. The van der Waals surface area contributed by atoms with Gasteiger partial charge in [0.05, 0.1) is 6.61 Å². The second kappa shape index (κ2) is 44.2. The molecule has 0 fully saturated rings. The van der Waals surface area contributed by atoms with Crippen molar-refractivity contribution in [2.45, 2.75) is 271 Å². The molecule has 2 heteroatoms. The van der Waals surface area contributed by atoms with Gasteiger partial charge in [-0.3, -0.25) is 4.79 Å². The van der Waals surface area contributed by atoms with E-state index in [1.807, 2.05) is 0 Å². The molecule has 0 heterocycles. The highest BCUT2D eigenvalue weighted by Crippen LogP contribution is 2.16. The van der Waals surface area contributed by atoms with Gasteiger partial charge < -0.3 is 4.74 Å². The highest BCUT2D eigenvalue weighted by Gasteiger charge is 2.03. The van der Waals surface area contributed by atoms with E-state index in [4.69, 9.17) is 4.74 Å². The number of hydrogen-bond donors (Lipinski definition) is 0. The minimum atomic E-state index is 0.0288. The van der Waals surface area contributed by atoms with E-state index in [1.54, 1.807) is 0 Å². The van der Waals surface area contributed by atoms with Crippen LogP contribution in [0.5, 0.6) is 0 Å². The van der Waals surface area contributed by atoms with Gasteiger partial charge in [0.1, 0.15) is 0 Å². The third-order valence-electron chi connectivity index (χ3n) is 10.4. The molecule has 0 spiro atoms. The normalized spacial score (nSPS) is 11.6. The number of allylic oxidation sites excluding steroid dienone is 2. The number of carbonyl (C=O) groups is 1. The molecule has 0 amide bonds. The number of rotatable bonds is 42. The molecule has 0 atom stereocenters. The maximum absolute atomic E-state index is 12.0. The average Bonchev–Trinajstić information content (AvgIpc) is 3.09. The standard InChI is InChI=1S/C46H90O2/c1-3-5-7-9-11-13-15-17-19-21-23-25-26-28-30-32-34-36-38-40-42-44-46(47)48-45-43-41-39-37-35-33-31-29-27-24-22-20-18-16-14-12-10-8-6-4-2/h17,19H,3-16,18,20-45H2,1-2H3. The smallest absolute Gasteiger partial charge is 0.305 e. The van der Waals surface area contributed by atoms with Gasteiger partial charge in [0.25, 0.3) is 0 Å². The Morgan fingerprint density at radius 3 is 0.896 bits per heavy atom. The summed E-state index contributed by atoms with van der Waals surface area (Å²) in [5, 5.41) is 0. The molecule has 0 saturated carbocycles. The number of ether oxygens (including phenoxy) is 1. The average molecular weight is 675 g/mol. The van der Waals surface area contributed by atoms with Gasteiger partial charge in [0, 0.05) is 6.42 Å². The quantitative estimate of drug-likeness (QED) is 0.0366. The summed E-state index contributed by atoms with van der Waals surface area (Å²) in [6.07, 6.45) is 58.9. The largest absolute Gasteiger partial charge is 0.466 e. The van der Waals surface area contributed by atoms with E-state index in [2.05, 4.69) is 26.0 Å². The van der Waals surface area contributed by atoms with Gasteiger partial charge in [-0.25, -0.2) is 0 Å². The van der Waals surface area contributed by atoms with Crippen LogP contribution in [0.3, 0.4) is 0 Å². The highest BCUT2D eigenvalue weighted by molar-refractivity contribution is 5.69. The maximum Gasteiger partial charge on any atom is 0.305 e. The molecule has 2 nitrogen and oxygen atoms in total. The van der Waals surface area contributed by atoms with Gasteiger partial charge in [0.15, 0.2) is 0 Å². The van der Waals surface area contributed by atoms with Crippen molar-refractivity contribution in [3.8, 4) is 0 Å². The first-order valence-electron chi connectivity index (χ1n) is 22.6. The van der Waals surface area contributed by atoms with E-state index in [1.165, 1.54) is 238 Å². The van der Waals surface area contributed by atoms with Crippen LogP contribution in [0, 0.1) is 0 Å². The first-order chi connectivity index (χ1) is 23.8. The molecule has 0 aliphatic heterocycles. The predicted octanol–water partition coefficient (Wildman–Crippen LogP) is 16.7. The summed E-state index contributed by atoms with van der Waals surface area (Å²) in [5.41, 5.74) is 0. The van der Waals surface area contributed by atoms with Gasteiger partial charge in [0.2, 0.25) is 0 Å². The number of esters is 1. The van der Waals surface area contributed by atoms with Crippen molar-refractivity contribution in [3.63, 3.8) is 0 Å². The molecule has 0 saturated heterocycles. The molecular formula is C46H90O2. The fourth-order valence-electron chi connectivity index (χ4n) is 7.02.